The number of halogens is 1. The van der Waals surface area contributed by atoms with Crippen LogP contribution < -0.4 is 5.32 Å². The van der Waals surface area contributed by atoms with Gasteiger partial charge in [0.25, 0.3) is 0 Å². The second kappa shape index (κ2) is 8.03. The van der Waals surface area contributed by atoms with Gasteiger partial charge in [-0.2, -0.15) is 0 Å². The van der Waals surface area contributed by atoms with Crippen molar-refractivity contribution in [2.75, 3.05) is 19.8 Å². The minimum absolute atomic E-state index is 0.0407. The van der Waals surface area contributed by atoms with Gasteiger partial charge in [-0.05, 0) is 24.1 Å². The lowest BCUT2D eigenvalue weighted by Gasteiger charge is -2.06. The van der Waals surface area contributed by atoms with Gasteiger partial charge in [0.05, 0.1) is 6.61 Å². The molecule has 0 aliphatic rings. The average molecular weight is 241 g/mol. The fourth-order valence-corrected chi connectivity index (χ4v) is 1.46. The molecule has 0 bridgehead atoms. The summed E-state index contributed by atoms with van der Waals surface area (Å²) in [6.45, 7) is 4.82. The molecule has 0 heterocycles. The molecule has 0 amide bonds. The highest BCUT2D eigenvalue weighted by molar-refractivity contribution is 5.28. The van der Waals surface area contributed by atoms with Crippen molar-refractivity contribution in [3.8, 4) is 5.75 Å². The molecule has 0 saturated carbocycles. The Balaban J connectivity index is 2.13. The largest absolute Gasteiger partial charge is 0.508 e. The van der Waals surface area contributed by atoms with E-state index in [0.29, 0.717) is 13.2 Å². The van der Waals surface area contributed by atoms with Crippen LogP contribution >= 0.6 is 0 Å². The summed E-state index contributed by atoms with van der Waals surface area (Å²) < 4.78 is 18.3. The molecule has 1 rings (SSSR count). The zero-order valence-corrected chi connectivity index (χ0v) is 10.2. The summed E-state index contributed by atoms with van der Waals surface area (Å²) in [7, 11) is 0. The molecule has 0 aliphatic carbocycles. The lowest BCUT2D eigenvalue weighted by molar-refractivity contribution is 0.133. The van der Waals surface area contributed by atoms with Crippen LogP contribution in [0.2, 0.25) is 0 Å². The van der Waals surface area contributed by atoms with Gasteiger partial charge < -0.3 is 15.2 Å². The quantitative estimate of drug-likeness (QED) is 0.687. The number of hydrogen-bond donors (Lipinski definition) is 2. The molecule has 0 radical (unpaired) electrons. The average Bonchev–Trinajstić information content (AvgIpc) is 2.26. The van der Waals surface area contributed by atoms with Crippen molar-refractivity contribution in [2.24, 2.45) is 0 Å². The van der Waals surface area contributed by atoms with E-state index in [9.17, 15) is 9.50 Å². The van der Waals surface area contributed by atoms with Crippen molar-refractivity contribution in [1.82, 2.24) is 5.32 Å². The Morgan fingerprint density at radius 1 is 1.29 bits per heavy atom. The van der Waals surface area contributed by atoms with Gasteiger partial charge in [0.2, 0.25) is 0 Å². The fraction of sp³-hybridized carbons (Fsp3) is 0.538. The number of phenolic OH excluding ortho intramolecular Hbond substituents is 1. The molecule has 0 unspecified atom stereocenters. The second-order valence-electron chi connectivity index (χ2n) is 3.96. The van der Waals surface area contributed by atoms with Crippen molar-refractivity contribution in [3.05, 3.63) is 29.6 Å². The topological polar surface area (TPSA) is 41.5 Å². The van der Waals surface area contributed by atoms with Crippen molar-refractivity contribution in [2.45, 2.75) is 26.3 Å². The highest BCUT2D eigenvalue weighted by Gasteiger charge is 1.99. The summed E-state index contributed by atoms with van der Waals surface area (Å²) in [5.41, 5.74) is 0.732. The summed E-state index contributed by atoms with van der Waals surface area (Å²) in [4.78, 5) is 0. The van der Waals surface area contributed by atoms with E-state index in [-0.39, 0.29) is 5.75 Å². The van der Waals surface area contributed by atoms with E-state index in [0.717, 1.165) is 37.6 Å². The summed E-state index contributed by atoms with van der Waals surface area (Å²) >= 11 is 0. The van der Waals surface area contributed by atoms with E-state index in [1.165, 1.54) is 6.07 Å². The third kappa shape index (κ3) is 6.24. The Labute approximate surface area is 102 Å². The zero-order chi connectivity index (χ0) is 12.5. The molecule has 0 atom stereocenters. The molecule has 17 heavy (non-hydrogen) atoms. The van der Waals surface area contributed by atoms with Crippen LogP contribution in [0.5, 0.6) is 5.75 Å². The summed E-state index contributed by atoms with van der Waals surface area (Å²) in [6, 6.07) is 4.05. The molecule has 0 spiro atoms. The predicted molar refractivity (Wildman–Crippen MR) is 65.5 cm³/mol. The van der Waals surface area contributed by atoms with Gasteiger partial charge in [0.1, 0.15) is 11.6 Å². The SMILES string of the molecule is CCCCOCCNCc1cc(O)cc(F)c1. The predicted octanol–water partition coefficient (Wildman–Crippen LogP) is 2.44. The first-order valence-corrected chi connectivity index (χ1v) is 5.99. The standard InChI is InChI=1S/C13H20FNO2/c1-2-3-5-17-6-4-15-10-11-7-12(14)9-13(16)8-11/h7-9,15-16H,2-6,10H2,1H3. The Bertz CT molecular complexity index is 311. The van der Waals surface area contributed by atoms with Crippen LogP contribution in [0.15, 0.2) is 18.2 Å². The Kier molecular flexibility index (Phi) is 6.58. The van der Waals surface area contributed by atoms with Crippen molar-refractivity contribution in [1.29, 1.82) is 0 Å². The third-order valence-electron chi connectivity index (χ3n) is 2.34. The van der Waals surface area contributed by atoms with Crippen LogP contribution in [0.3, 0.4) is 0 Å². The molecular formula is C13H20FNO2. The smallest absolute Gasteiger partial charge is 0.127 e. The van der Waals surface area contributed by atoms with E-state index in [1.807, 2.05) is 0 Å². The van der Waals surface area contributed by atoms with Crippen molar-refractivity contribution in [3.63, 3.8) is 0 Å². The molecule has 0 aliphatic heterocycles. The van der Waals surface area contributed by atoms with Gasteiger partial charge in [-0.3, -0.25) is 0 Å². The molecule has 96 valence electrons. The summed E-state index contributed by atoms with van der Waals surface area (Å²) in [5.74, 6) is -0.456. The van der Waals surface area contributed by atoms with Crippen LogP contribution in [0, 0.1) is 5.82 Å². The van der Waals surface area contributed by atoms with Gasteiger partial charge in [-0.25, -0.2) is 4.39 Å². The van der Waals surface area contributed by atoms with Gasteiger partial charge in [-0.15, -0.1) is 0 Å². The maximum absolute atomic E-state index is 12.9. The molecule has 0 saturated heterocycles. The molecule has 0 fully saturated rings. The van der Waals surface area contributed by atoms with Crippen LogP contribution in [0.4, 0.5) is 4.39 Å². The molecule has 1 aromatic rings. The third-order valence-corrected chi connectivity index (χ3v) is 2.34. The monoisotopic (exact) mass is 241 g/mol. The molecule has 3 nitrogen and oxygen atoms in total. The Hall–Kier alpha value is -1.13. The Morgan fingerprint density at radius 2 is 2.12 bits per heavy atom. The number of phenols is 1. The molecular weight excluding hydrogens is 221 g/mol. The number of ether oxygens (including phenoxy) is 1. The Morgan fingerprint density at radius 3 is 2.82 bits per heavy atom. The number of nitrogens with one attached hydrogen (secondary N) is 1. The van der Waals surface area contributed by atoms with Crippen molar-refractivity contribution < 1.29 is 14.2 Å². The first kappa shape index (κ1) is 13.9. The van der Waals surface area contributed by atoms with Crippen LogP contribution in [0.1, 0.15) is 25.3 Å². The second-order valence-corrected chi connectivity index (χ2v) is 3.96. The van der Waals surface area contributed by atoms with Crippen molar-refractivity contribution >= 4 is 0 Å². The first-order chi connectivity index (χ1) is 8.22. The van der Waals surface area contributed by atoms with Crippen LogP contribution in [-0.4, -0.2) is 24.9 Å². The van der Waals surface area contributed by atoms with Gasteiger partial charge in [0, 0.05) is 25.8 Å². The molecule has 4 heteroatoms. The van der Waals surface area contributed by atoms with Gasteiger partial charge in [0.15, 0.2) is 0 Å². The number of hydrogen-bond acceptors (Lipinski definition) is 3. The molecule has 2 N–H and O–H groups in total. The highest BCUT2D eigenvalue weighted by Crippen LogP contribution is 2.14. The number of unbranched alkanes of at least 4 members (excludes halogenated alkanes) is 1. The zero-order valence-electron chi connectivity index (χ0n) is 10.2. The van der Waals surface area contributed by atoms with Crippen LogP contribution in [0.25, 0.3) is 0 Å². The lowest BCUT2D eigenvalue weighted by atomic mass is 10.2. The molecule has 1 aromatic carbocycles. The normalized spacial score (nSPS) is 10.7. The maximum Gasteiger partial charge on any atom is 0.127 e. The van der Waals surface area contributed by atoms with Gasteiger partial charge >= 0.3 is 0 Å². The minimum Gasteiger partial charge on any atom is -0.508 e. The van der Waals surface area contributed by atoms with E-state index in [2.05, 4.69) is 12.2 Å². The maximum atomic E-state index is 12.9. The van der Waals surface area contributed by atoms with E-state index in [1.54, 1.807) is 6.07 Å². The van der Waals surface area contributed by atoms with E-state index >= 15 is 0 Å². The van der Waals surface area contributed by atoms with Gasteiger partial charge in [-0.1, -0.05) is 13.3 Å². The summed E-state index contributed by atoms with van der Waals surface area (Å²) in [5, 5.41) is 12.3. The number of aromatic hydroxyl groups is 1. The minimum atomic E-state index is -0.416. The fourth-order valence-electron chi connectivity index (χ4n) is 1.46. The highest BCUT2D eigenvalue weighted by atomic mass is 19.1. The first-order valence-electron chi connectivity index (χ1n) is 5.99. The van der Waals surface area contributed by atoms with E-state index < -0.39 is 5.82 Å². The van der Waals surface area contributed by atoms with Crippen LogP contribution in [-0.2, 0) is 11.3 Å². The number of benzene rings is 1. The van der Waals surface area contributed by atoms with E-state index in [4.69, 9.17) is 4.74 Å². The number of rotatable bonds is 8. The lowest BCUT2D eigenvalue weighted by Crippen LogP contribution is -2.19. The summed E-state index contributed by atoms with van der Waals surface area (Å²) in [6.07, 6.45) is 2.22. The molecule has 0 aromatic heterocycles.